The van der Waals surface area contributed by atoms with Gasteiger partial charge in [-0.1, -0.05) is 42.0 Å². The zero-order valence-electron chi connectivity index (χ0n) is 18.0. The average Bonchev–Trinajstić information content (AvgIpc) is 3.29. The third-order valence-corrected chi connectivity index (χ3v) is 7.96. The van der Waals surface area contributed by atoms with Crippen LogP contribution in [0.3, 0.4) is 0 Å². The molecule has 0 aromatic carbocycles. The number of hydrogen-bond acceptors (Lipinski definition) is 7. The number of carboxylic acid groups (broad SMARTS) is 1. The van der Waals surface area contributed by atoms with E-state index >= 15 is 0 Å². The molecule has 1 aliphatic heterocycles. The van der Waals surface area contributed by atoms with E-state index in [2.05, 4.69) is 24.9 Å². The molecule has 1 aromatic heterocycles. The summed E-state index contributed by atoms with van der Waals surface area (Å²) < 4.78 is 5.88. The van der Waals surface area contributed by atoms with Crippen LogP contribution in [0.4, 0.5) is 4.79 Å². The van der Waals surface area contributed by atoms with Gasteiger partial charge in [0.1, 0.15) is 6.61 Å². The minimum atomic E-state index is -1.04. The van der Waals surface area contributed by atoms with Gasteiger partial charge in [-0.3, -0.25) is 4.90 Å². The number of carboxylic acids is 1. The van der Waals surface area contributed by atoms with Crippen LogP contribution < -0.4 is 0 Å². The molecule has 0 radical (unpaired) electrons. The third-order valence-electron chi connectivity index (χ3n) is 5.96. The summed E-state index contributed by atoms with van der Waals surface area (Å²) in [4.78, 5) is 28.8. The topological polar surface area (TPSA) is 100.0 Å². The van der Waals surface area contributed by atoms with E-state index < -0.39 is 12.1 Å². The van der Waals surface area contributed by atoms with Gasteiger partial charge in [0, 0.05) is 23.1 Å². The lowest BCUT2D eigenvalue weighted by molar-refractivity contribution is -0.0118. The number of carbonyl (C=O) groups is 2. The van der Waals surface area contributed by atoms with Crippen molar-refractivity contribution in [3.63, 3.8) is 0 Å². The molecule has 2 N–H and O–H groups in total. The van der Waals surface area contributed by atoms with E-state index in [9.17, 15) is 14.7 Å². The maximum atomic E-state index is 12.1. The van der Waals surface area contributed by atoms with Gasteiger partial charge < -0.3 is 14.9 Å². The van der Waals surface area contributed by atoms with Crippen molar-refractivity contribution in [3.05, 3.63) is 34.9 Å². The van der Waals surface area contributed by atoms with Crippen LogP contribution in [0.5, 0.6) is 0 Å². The zero-order valence-corrected chi connectivity index (χ0v) is 19.6. The minimum absolute atomic E-state index is 0.0393. The first-order valence-corrected chi connectivity index (χ1v) is 12.4. The molecule has 170 valence electrons. The average molecular weight is 467 g/mol. The number of aliphatic hydroxyl groups excluding tert-OH is 1. The van der Waals surface area contributed by atoms with E-state index in [0.717, 1.165) is 32.1 Å². The van der Waals surface area contributed by atoms with Crippen LogP contribution in [0, 0.1) is 5.41 Å². The number of carbonyl (C=O) groups excluding carboxylic acids is 1. The van der Waals surface area contributed by atoms with Gasteiger partial charge >= 0.3 is 12.1 Å². The smallest absolute Gasteiger partial charge is 0.410 e. The van der Waals surface area contributed by atoms with E-state index in [4.69, 9.17) is 9.84 Å². The lowest BCUT2D eigenvalue weighted by atomic mass is 9.62. The Balaban J connectivity index is 1.53. The number of cyclic esters (lactones) is 1. The Labute approximate surface area is 191 Å². The molecule has 0 spiro atoms. The van der Waals surface area contributed by atoms with Crippen LogP contribution in [-0.2, 0) is 4.74 Å². The molecule has 31 heavy (non-hydrogen) atoms. The Morgan fingerprint density at radius 3 is 2.87 bits per heavy atom. The number of thioether (sulfide) groups is 1. The molecule has 3 rings (SSSR count). The first-order valence-electron chi connectivity index (χ1n) is 10.6. The number of rotatable bonds is 11. The number of nitrogens with zero attached hydrogens (tertiary/aromatic N) is 2. The molecule has 2 unspecified atom stereocenters. The first kappa shape index (κ1) is 23.8. The quantitative estimate of drug-likeness (QED) is 0.363. The molecular formula is C22H30N2O5S2. The van der Waals surface area contributed by atoms with Crippen LogP contribution in [0.25, 0.3) is 0 Å². The summed E-state index contributed by atoms with van der Waals surface area (Å²) in [6, 6.07) is -0.205. The number of ether oxygens (including phenoxy) is 1. The van der Waals surface area contributed by atoms with Gasteiger partial charge in [-0.05, 0) is 39.5 Å². The second-order valence-electron chi connectivity index (χ2n) is 8.36. The van der Waals surface area contributed by atoms with Crippen LogP contribution in [0.1, 0.15) is 56.4 Å². The second-order valence-corrected chi connectivity index (χ2v) is 10.6. The first-order chi connectivity index (χ1) is 14.8. The molecule has 2 aliphatic rings. The highest BCUT2D eigenvalue weighted by molar-refractivity contribution is 8.01. The molecule has 1 saturated heterocycles. The van der Waals surface area contributed by atoms with Crippen LogP contribution in [0.15, 0.2) is 33.5 Å². The minimum Gasteiger partial charge on any atom is -0.476 e. The van der Waals surface area contributed by atoms with Crippen molar-refractivity contribution in [2.24, 2.45) is 5.41 Å². The summed E-state index contributed by atoms with van der Waals surface area (Å²) in [5, 5.41) is 21.3. The highest BCUT2D eigenvalue weighted by atomic mass is 32.2. The van der Waals surface area contributed by atoms with Gasteiger partial charge in [-0.25, -0.2) is 14.6 Å². The molecule has 2 heterocycles. The molecule has 1 amide bonds. The summed E-state index contributed by atoms with van der Waals surface area (Å²) in [6.45, 7) is 4.92. The van der Waals surface area contributed by atoms with E-state index in [1.165, 1.54) is 34.1 Å². The fourth-order valence-electron chi connectivity index (χ4n) is 3.95. The van der Waals surface area contributed by atoms with Crippen LogP contribution in [0.2, 0.25) is 0 Å². The lowest BCUT2D eigenvalue weighted by Crippen LogP contribution is -2.41. The van der Waals surface area contributed by atoms with Crippen molar-refractivity contribution in [1.29, 1.82) is 0 Å². The number of amides is 1. The Morgan fingerprint density at radius 1 is 1.48 bits per heavy atom. The molecule has 1 aliphatic carbocycles. The molecule has 9 heteroatoms. The number of aromatic carboxylic acids is 1. The van der Waals surface area contributed by atoms with Gasteiger partial charge in [-0.15, -0.1) is 11.3 Å². The largest absolute Gasteiger partial charge is 0.476 e. The van der Waals surface area contributed by atoms with Crippen LogP contribution >= 0.6 is 23.1 Å². The number of allylic oxidation sites excluding steroid dienone is 2. The zero-order chi connectivity index (χ0) is 22.4. The Bertz CT molecular complexity index is 843. The molecule has 2 fully saturated rings. The number of aromatic nitrogens is 1. The molecular weight excluding hydrogens is 436 g/mol. The SMILES string of the molecule is CC(C)=CCCC1(C(O)C=CC2COC(=O)N2CCSc2nc(C(=O)O)cs2)CCC1. The molecule has 1 aromatic rings. The van der Waals surface area contributed by atoms with Gasteiger partial charge in [0.15, 0.2) is 10.0 Å². The molecule has 7 nitrogen and oxygen atoms in total. The molecule has 1 saturated carbocycles. The van der Waals surface area contributed by atoms with Gasteiger partial charge in [0.2, 0.25) is 0 Å². The van der Waals surface area contributed by atoms with Crippen molar-refractivity contribution in [2.45, 2.75) is 62.4 Å². The molecule has 2 atom stereocenters. The van der Waals surface area contributed by atoms with E-state index in [0.29, 0.717) is 16.6 Å². The standard InChI is InChI=1S/C22H30N2O5S2/c1-15(2)5-3-8-22(9-4-10-22)18(25)7-6-16-13-29-21(28)24(16)11-12-30-20-23-17(14-31-20)19(26)27/h5-7,14,16,18,25H,3-4,8-13H2,1-2H3,(H,26,27). The summed E-state index contributed by atoms with van der Waals surface area (Å²) in [6.07, 6.45) is 10.2. The molecule has 0 bridgehead atoms. The van der Waals surface area contributed by atoms with Crippen molar-refractivity contribution >= 4 is 35.2 Å². The van der Waals surface area contributed by atoms with E-state index in [1.54, 1.807) is 4.90 Å². The second kappa shape index (κ2) is 10.7. The maximum Gasteiger partial charge on any atom is 0.410 e. The number of aliphatic hydroxyl groups is 1. The Morgan fingerprint density at radius 2 is 2.26 bits per heavy atom. The fourth-order valence-corrected chi connectivity index (χ4v) is 5.75. The van der Waals surface area contributed by atoms with Crippen molar-refractivity contribution < 1.29 is 24.5 Å². The number of thiazole rings is 1. The van der Waals surface area contributed by atoms with Crippen molar-refractivity contribution in [1.82, 2.24) is 9.88 Å². The Hall–Kier alpha value is -1.84. The van der Waals surface area contributed by atoms with Gasteiger partial charge in [-0.2, -0.15) is 0 Å². The van der Waals surface area contributed by atoms with Crippen LogP contribution in [-0.4, -0.2) is 63.2 Å². The van der Waals surface area contributed by atoms with E-state index in [1.807, 2.05) is 12.2 Å². The Kier molecular flexibility index (Phi) is 8.18. The monoisotopic (exact) mass is 466 g/mol. The summed E-state index contributed by atoms with van der Waals surface area (Å²) in [7, 11) is 0. The third kappa shape index (κ3) is 6.11. The van der Waals surface area contributed by atoms with Crippen molar-refractivity contribution in [2.75, 3.05) is 18.9 Å². The van der Waals surface area contributed by atoms with E-state index in [-0.39, 0.29) is 29.9 Å². The highest BCUT2D eigenvalue weighted by Crippen LogP contribution is 2.48. The predicted molar refractivity (Wildman–Crippen MR) is 122 cm³/mol. The van der Waals surface area contributed by atoms with Gasteiger partial charge in [0.25, 0.3) is 0 Å². The number of hydrogen-bond donors (Lipinski definition) is 2. The predicted octanol–water partition coefficient (Wildman–Crippen LogP) is 4.59. The summed E-state index contributed by atoms with van der Waals surface area (Å²) in [5.41, 5.74) is 1.28. The fraction of sp³-hybridized carbons (Fsp3) is 0.591. The summed E-state index contributed by atoms with van der Waals surface area (Å²) in [5.74, 6) is -0.457. The van der Waals surface area contributed by atoms with Gasteiger partial charge in [0.05, 0.1) is 12.1 Å². The van der Waals surface area contributed by atoms with Crippen molar-refractivity contribution in [3.8, 4) is 0 Å². The highest BCUT2D eigenvalue weighted by Gasteiger charge is 2.42. The lowest BCUT2D eigenvalue weighted by Gasteiger charge is -2.45. The normalized spacial score (nSPS) is 21.1. The summed E-state index contributed by atoms with van der Waals surface area (Å²) >= 11 is 2.70. The maximum absolute atomic E-state index is 12.1.